The number of piperazine rings is 1. The molecule has 1 aromatic carbocycles. The third-order valence-corrected chi connectivity index (χ3v) is 5.84. The third-order valence-electron chi connectivity index (χ3n) is 5.84. The van der Waals surface area contributed by atoms with Gasteiger partial charge in [0.1, 0.15) is 0 Å². The van der Waals surface area contributed by atoms with Gasteiger partial charge in [0, 0.05) is 44.8 Å². The minimum atomic E-state index is 0.285. The molecule has 1 aliphatic rings. The van der Waals surface area contributed by atoms with Crippen molar-refractivity contribution in [2.75, 3.05) is 26.7 Å². The predicted octanol–water partition coefficient (Wildman–Crippen LogP) is 3.89. The Balaban J connectivity index is 1.41. The maximum absolute atomic E-state index is 4.83. The van der Waals surface area contributed by atoms with Gasteiger partial charge in [0.2, 0.25) is 0 Å². The molecule has 0 bridgehead atoms. The Morgan fingerprint density at radius 2 is 1.86 bits per heavy atom. The van der Waals surface area contributed by atoms with E-state index in [1.165, 1.54) is 22.2 Å². The summed E-state index contributed by atoms with van der Waals surface area (Å²) in [6.45, 7) is 4.00. The SMILES string of the molecule is CN1CCN(Cc2cccnc2)CC1c1ncn2cc(-c3ccccc3)ccc12. The van der Waals surface area contributed by atoms with Crippen molar-refractivity contribution in [3.8, 4) is 11.1 Å². The minimum Gasteiger partial charge on any atom is -0.305 e. The molecule has 4 heterocycles. The average Bonchev–Trinajstić information content (AvgIpc) is 3.19. The number of fused-ring (bicyclic) bond motifs is 1. The van der Waals surface area contributed by atoms with Crippen LogP contribution in [0.5, 0.6) is 0 Å². The summed E-state index contributed by atoms with van der Waals surface area (Å²) in [4.78, 5) is 14.0. The van der Waals surface area contributed by atoms with Gasteiger partial charge in [-0.3, -0.25) is 14.8 Å². The fraction of sp³-hybridized carbons (Fsp3) is 0.250. The van der Waals surface area contributed by atoms with Crippen molar-refractivity contribution in [3.05, 3.63) is 90.8 Å². The minimum absolute atomic E-state index is 0.285. The summed E-state index contributed by atoms with van der Waals surface area (Å²) < 4.78 is 2.16. The summed E-state index contributed by atoms with van der Waals surface area (Å²) in [5.41, 5.74) is 6.03. The number of imidazole rings is 1. The molecule has 1 atom stereocenters. The number of hydrogen-bond acceptors (Lipinski definition) is 4. The molecule has 0 amide bonds. The highest BCUT2D eigenvalue weighted by molar-refractivity contribution is 5.66. The Kier molecular flexibility index (Phi) is 4.84. The van der Waals surface area contributed by atoms with Crippen molar-refractivity contribution in [2.24, 2.45) is 0 Å². The number of nitrogens with zero attached hydrogens (tertiary/aromatic N) is 5. The number of benzene rings is 1. The molecule has 1 fully saturated rings. The quantitative estimate of drug-likeness (QED) is 0.536. The van der Waals surface area contributed by atoms with Gasteiger partial charge >= 0.3 is 0 Å². The molecule has 0 spiro atoms. The second-order valence-electron chi connectivity index (χ2n) is 7.80. The standard InChI is InChI=1S/C24H25N5/c1-27-12-13-28(15-19-6-5-11-25-14-19)17-23(27)24-22-10-9-21(16-29(22)18-26-24)20-7-3-2-4-8-20/h2-11,14,16,18,23H,12-13,15,17H2,1H3. The van der Waals surface area contributed by atoms with Crippen LogP contribution in [0, 0.1) is 0 Å². The molecule has 0 aliphatic carbocycles. The lowest BCUT2D eigenvalue weighted by molar-refractivity contribution is 0.0892. The maximum atomic E-state index is 4.83. The summed E-state index contributed by atoms with van der Waals surface area (Å²) in [6, 6.07) is 19.3. The summed E-state index contributed by atoms with van der Waals surface area (Å²) in [6.07, 6.45) is 7.92. The zero-order valence-electron chi connectivity index (χ0n) is 16.6. The molecule has 1 aliphatic heterocycles. The third kappa shape index (κ3) is 3.67. The molecule has 3 aromatic heterocycles. The van der Waals surface area contributed by atoms with Crippen LogP contribution in [0.4, 0.5) is 0 Å². The van der Waals surface area contributed by atoms with E-state index in [1.54, 1.807) is 0 Å². The van der Waals surface area contributed by atoms with Gasteiger partial charge in [-0.05, 0) is 35.9 Å². The van der Waals surface area contributed by atoms with Crippen molar-refractivity contribution in [2.45, 2.75) is 12.6 Å². The summed E-state index contributed by atoms with van der Waals surface area (Å²) in [7, 11) is 2.20. The number of aromatic nitrogens is 3. The van der Waals surface area contributed by atoms with Crippen molar-refractivity contribution < 1.29 is 0 Å². The summed E-state index contributed by atoms with van der Waals surface area (Å²) >= 11 is 0. The van der Waals surface area contributed by atoms with Gasteiger partial charge in [-0.15, -0.1) is 0 Å². The molecule has 1 saturated heterocycles. The van der Waals surface area contributed by atoms with E-state index in [0.29, 0.717) is 0 Å². The topological polar surface area (TPSA) is 36.7 Å². The first-order chi connectivity index (χ1) is 14.3. The van der Waals surface area contributed by atoms with Crippen LogP contribution in [-0.2, 0) is 6.54 Å². The number of rotatable bonds is 4. The fourth-order valence-electron chi connectivity index (χ4n) is 4.20. The highest BCUT2D eigenvalue weighted by atomic mass is 15.3. The monoisotopic (exact) mass is 383 g/mol. The van der Waals surface area contributed by atoms with E-state index < -0.39 is 0 Å². The van der Waals surface area contributed by atoms with Crippen LogP contribution < -0.4 is 0 Å². The van der Waals surface area contributed by atoms with Crippen LogP contribution in [0.25, 0.3) is 16.6 Å². The number of likely N-dealkylation sites (N-methyl/N-ethyl adjacent to an activating group) is 1. The second kappa shape index (κ2) is 7.78. The van der Waals surface area contributed by atoms with Crippen LogP contribution >= 0.6 is 0 Å². The summed E-state index contributed by atoms with van der Waals surface area (Å²) in [5.74, 6) is 0. The van der Waals surface area contributed by atoms with Crippen LogP contribution in [0.3, 0.4) is 0 Å². The molecule has 29 heavy (non-hydrogen) atoms. The van der Waals surface area contributed by atoms with Crippen LogP contribution in [0.15, 0.2) is 79.5 Å². The lowest BCUT2D eigenvalue weighted by Crippen LogP contribution is -2.46. The van der Waals surface area contributed by atoms with Gasteiger partial charge in [-0.2, -0.15) is 0 Å². The Labute approximate surface area is 171 Å². The Hall–Kier alpha value is -3.02. The zero-order chi connectivity index (χ0) is 19.6. The normalized spacial score (nSPS) is 18.3. The van der Waals surface area contributed by atoms with Crippen LogP contribution in [0.1, 0.15) is 17.3 Å². The fourth-order valence-corrected chi connectivity index (χ4v) is 4.20. The first-order valence-electron chi connectivity index (χ1n) is 10.1. The molecule has 5 heteroatoms. The van der Waals surface area contributed by atoms with E-state index in [9.17, 15) is 0 Å². The maximum Gasteiger partial charge on any atom is 0.0996 e. The highest BCUT2D eigenvalue weighted by Gasteiger charge is 2.28. The van der Waals surface area contributed by atoms with Crippen molar-refractivity contribution in [1.29, 1.82) is 0 Å². The smallest absolute Gasteiger partial charge is 0.0996 e. The molecule has 5 rings (SSSR count). The first-order valence-corrected chi connectivity index (χ1v) is 10.1. The van der Waals surface area contributed by atoms with E-state index in [4.69, 9.17) is 4.98 Å². The molecular formula is C24H25N5. The molecule has 0 radical (unpaired) electrons. The Morgan fingerprint density at radius 3 is 2.69 bits per heavy atom. The Morgan fingerprint density at radius 1 is 0.966 bits per heavy atom. The number of pyridine rings is 2. The van der Waals surface area contributed by atoms with Gasteiger partial charge in [0.15, 0.2) is 0 Å². The molecule has 146 valence electrons. The van der Waals surface area contributed by atoms with E-state index >= 15 is 0 Å². The van der Waals surface area contributed by atoms with Crippen molar-refractivity contribution in [1.82, 2.24) is 24.2 Å². The number of hydrogen-bond donors (Lipinski definition) is 0. The Bertz CT molecular complexity index is 1090. The molecular weight excluding hydrogens is 358 g/mol. The average molecular weight is 383 g/mol. The van der Waals surface area contributed by atoms with Gasteiger partial charge < -0.3 is 4.40 Å². The summed E-state index contributed by atoms with van der Waals surface area (Å²) in [5, 5.41) is 0. The van der Waals surface area contributed by atoms with Crippen molar-refractivity contribution in [3.63, 3.8) is 0 Å². The zero-order valence-corrected chi connectivity index (χ0v) is 16.6. The van der Waals surface area contributed by atoms with E-state index in [0.717, 1.165) is 31.9 Å². The highest BCUT2D eigenvalue weighted by Crippen LogP contribution is 2.29. The first kappa shape index (κ1) is 18.0. The van der Waals surface area contributed by atoms with Gasteiger partial charge in [-0.1, -0.05) is 42.5 Å². The predicted molar refractivity (Wildman–Crippen MR) is 116 cm³/mol. The van der Waals surface area contributed by atoms with Crippen LogP contribution in [0.2, 0.25) is 0 Å². The largest absolute Gasteiger partial charge is 0.305 e. The van der Waals surface area contributed by atoms with Crippen molar-refractivity contribution >= 4 is 5.52 Å². The second-order valence-corrected chi connectivity index (χ2v) is 7.80. The molecule has 5 nitrogen and oxygen atoms in total. The molecule has 0 N–H and O–H groups in total. The van der Waals surface area contributed by atoms with Gasteiger partial charge in [-0.25, -0.2) is 4.98 Å². The van der Waals surface area contributed by atoms with Crippen LogP contribution in [-0.4, -0.2) is 50.9 Å². The molecule has 4 aromatic rings. The lowest BCUT2D eigenvalue weighted by atomic mass is 10.1. The molecule has 0 saturated carbocycles. The van der Waals surface area contributed by atoms with E-state index in [-0.39, 0.29) is 6.04 Å². The van der Waals surface area contributed by atoms with E-state index in [2.05, 4.69) is 74.9 Å². The molecule has 1 unspecified atom stereocenters. The van der Waals surface area contributed by atoms with E-state index in [1.807, 2.05) is 30.9 Å². The lowest BCUT2D eigenvalue weighted by Gasteiger charge is -2.38. The van der Waals surface area contributed by atoms with Gasteiger partial charge in [0.25, 0.3) is 0 Å². The van der Waals surface area contributed by atoms with Gasteiger partial charge in [0.05, 0.1) is 23.6 Å².